The summed E-state index contributed by atoms with van der Waals surface area (Å²) in [5.74, 6) is -0.362. The van der Waals surface area contributed by atoms with Gasteiger partial charge in [0.2, 0.25) is 5.88 Å². The van der Waals surface area contributed by atoms with Crippen LogP contribution in [0.4, 0.5) is 5.69 Å². The predicted molar refractivity (Wildman–Crippen MR) is 124 cm³/mol. The Kier molecular flexibility index (Phi) is 5.06. The van der Waals surface area contributed by atoms with Crippen LogP contribution in [0.15, 0.2) is 99.5 Å². The molecule has 5 rings (SSSR count). The minimum Gasteiger partial charge on any atom is -0.497 e. The zero-order valence-electron chi connectivity index (χ0n) is 17.7. The molecule has 0 fully saturated rings. The number of methoxy groups -OCH3 is 1. The zero-order chi connectivity index (χ0) is 22.9. The van der Waals surface area contributed by atoms with Gasteiger partial charge in [0.25, 0.3) is 5.91 Å². The van der Waals surface area contributed by atoms with Gasteiger partial charge in [-0.1, -0.05) is 42.5 Å². The van der Waals surface area contributed by atoms with E-state index in [1.807, 2.05) is 36.4 Å². The molecule has 1 unspecified atom stereocenters. The molecule has 2 heterocycles. The third-order valence-corrected chi connectivity index (χ3v) is 5.58. The summed E-state index contributed by atoms with van der Waals surface area (Å²) in [5, 5.41) is 3.44. The number of benzene rings is 3. The molecule has 1 aliphatic heterocycles. The van der Waals surface area contributed by atoms with Gasteiger partial charge in [0.15, 0.2) is 5.75 Å². The van der Waals surface area contributed by atoms with Gasteiger partial charge < -0.3 is 24.9 Å². The standard InChI is InChI=1S/C26H20N2O5/c1-31-17-13-11-16(12-14-17)28-25(29)22-20(15-7-3-2-4-8-15)21-23(33-24(22)27)18-9-5-6-10-19(18)32-26(21)30/h2-14,20H,27H2,1H3,(H,28,29). The van der Waals surface area contributed by atoms with Crippen LogP contribution < -0.4 is 26.1 Å². The van der Waals surface area contributed by atoms with Crippen molar-refractivity contribution in [1.29, 1.82) is 0 Å². The lowest BCUT2D eigenvalue weighted by molar-refractivity contribution is -0.113. The SMILES string of the molecule is COc1ccc(NC(=O)C2=C(N)Oc3c(c(=O)oc4ccccc34)C2c2ccccc2)cc1. The predicted octanol–water partition coefficient (Wildman–Crippen LogP) is 4.13. The van der Waals surface area contributed by atoms with E-state index in [9.17, 15) is 9.59 Å². The van der Waals surface area contributed by atoms with Gasteiger partial charge in [-0.2, -0.15) is 0 Å². The first-order valence-corrected chi connectivity index (χ1v) is 10.3. The summed E-state index contributed by atoms with van der Waals surface area (Å²) in [6.07, 6.45) is 0. The van der Waals surface area contributed by atoms with E-state index in [1.54, 1.807) is 49.6 Å². The molecular weight excluding hydrogens is 420 g/mol. The van der Waals surface area contributed by atoms with Crippen LogP contribution in [0.2, 0.25) is 0 Å². The summed E-state index contributed by atoms with van der Waals surface area (Å²) in [4.78, 5) is 26.5. The van der Waals surface area contributed by atoms with Crippen LogP contribution in [-0.4, -0.2) is 13.0 Å². The van der Waals surface area contributed by atoms with E-state index in [4.69, 9.17) is 19.6 Å². The van der Waals surface area contributed by atoms with Crippen LogP contribution in [0.1, 0.15) is 17.0 Å². The van der Waals surface area contributed by atoms with Crippen LogP contribution in [0.5, 0.6) is 11.5 Å². The number of hydrogen-bond donors (Lipinski definition) is 2. The van der Waals surface area contributed by atoms with Gasteiger partial charge in [-0.05, 0) is 42.0 Å². The largest absolute Gasteiger partial charge is 0.497 e. The Balaban J connectivity index is 1.66. The number of hydrogen-bond acceptors (Lipinski definition) is 6. The molecule has 4 aromatic rings. The lowest BCUT2D eigenvalue weighted by atomic mass is 9.83. The maximum Gasteiger partial charge on any atom is 0.344 e. The Morgan fingerprint density at radius 1 is 0.970 bits per heavy atom. The maximum absolute atomic E-state index is 13.4. The van der Waals surface area contributed by atoms with E-state index >= 15 is 0 Å². The highest BCUT2D eigenvalue weighted by molar-refractivity contribution is 6.06. The summed E-state index contributed by atoms with van der Waals surface area (Å²) in [6, 6.07) is 23.1. The Labute approximate surface area is 189 Å². The fourth-order valence-electron chi connectivity index (χ4n) is 4.04. The number of anilines is 1. The number of nitrogens with two attached hydrogens (primary N) is 1. The summed E-state index contributed by atoms with van der Waals surface area (Å²) in [6.45, 7) is 0. The van der Waals surface area contributed by atoms with E-state index in [-0.39, 0.29) is 17.0 Å². The van der Waals surface area contributed by atoms with E-state index in [1.165, 1.54) is 0 Å². The summed E-state index contributed by atoms with van der Waals surface area (Å²) >= 11 is 0. The van der Waals surface area contributed by atoms with Crippen LogP contribution in [0.25, 0.3) is 11.0 Å². The summed E-state index contributed by atoms with van der Waals surface area (Å²) < 4.78 is 16.6. The van der Waals surface area contributed by atoms with Crippen molar-refractivity contribution in [2.75, 3.05) is 12.4 Å². The van der Waals surface area contributed by atoms with Gasteiger partial charge in [-0.3, -0.25) is 4.79 Å². The van der Waals surface area contributed by atoms with E-state index in [0.717, 1.165) is 0 Å². The molecule has 164 valence electrons. The van der Waals surface area contributed by atoms with Gasteiger partial charge >= 0.3 is 5.63 Å². The molecule has 1 atom stereocenters. The van der Waals surface area contributed by atoms with Crippen molar-refractivity contribution in [3.8, 4) is 11.5 Å². The topological polar surface area (TPSA) is 104 Å². The molecule has 0 saturated heterocycles. The average Bonchev–Trinajstić information content (AvgIpc) is 2.84. The quantitative estimate of drug-likeness (QED) is 0.463. The second-order valence-electron chi connectivity index (χ2n) is 7.53. The van der Waals surface area contributed by atoms with Gasteiger partial charge in [0.1, 0.15) is 11.3 Å². The molecule has 1 aromatic heterocycles. The number of para-hydroxylation sites is 1. The Morgan fingerprint density at radius 3 is 2.39 bits per heavy atom. The van der Waals surface area contributed by atoms with E-state index < -0.39 is 17.5 Å². The lowest BCUT2D eigenvalue weighted by Crippen LogP contribution is -2.32. The molecule has 0 radical (unpaired) electrons. The highest BCUT2D eigenvalue weighted by Crippen LogP contribution is 2.43. The summed E-state index contributed by atoms with van der Waals surface area (Å²) in [7, 11) is 1.57. The zero-order valence-corrected chi connectivity index (χ0v) is 17.7. The number of ether oxygens (including phenoxy) is 2. The average molecular weight is 440 g/mol. The molecular formula is C26H20N2O5. The smallest absolute Gasteiger partial charge is 0.344 e. The third kappa shape index (κ3) is 3.59. The van der Waals surface area contributed by atoms with Crippen molar-refractivity contribution in [3.63, 3.8) is 0 Å². The number of fused-ring (bicyclic) bond motifs is 3. The Bertz CT molecular complexity index is 1440. The highest BCUT2D eigenvalue weighted by atomic mass is 16.5. The molecule has 0 spiro atoms. The van der Waals surface area contributed by atoms with Crippen molar-refractivity contribution >= 4 is 22.6 Å². The minimum absolute atomic E-state index is 0.0712. The number of amides is 1. The Hall–Kier alpha value is -4.52. The highest BCUT2D eigenvalue weighted by Gasteiger charge is 2.38. The first kappa shape index (κ1) is 20.4. The van der Waals surface area contributed by atoms with Crippen molar-refractivity contribution in [1.82, 2.24) is 0 Å². The number of carbonyl (C=O) groups excluding carboxylic acids is 1. The van der Waals surface area contributed by atoms with Gasteiger partial charge in [0, 0.05) is 5.69 Å². The van der Waals surface area contributed by atoms with E-state index in [2.05, 4.69) is 5.32 Å². The maximum atomic E-state index is 13.4. The van der Waals surface area contributed by atoms with Crippen LogP contribution in [0.3, 0.4) is 0 Å². The van der Waals surface area contributed by atoms with Gasteiger partial charge in [0.05, 0.1) is 29.6 Å². The molecule has 7 heteroatoms. The first-order valence-electron chi connectivity index (χ1n) is 10.3. The molecule has 0 bridgehead atoms. The molecule has 1 amide bonds. The van der Waals surface area contributed by atoms with Crippen LogP contribution in [-0.2, 0) is 4.79 Å². The lowest BCUT2D eigenvalue weighted by Gasteiger charge is -2.28. The van der Waals surface area contributed by atoms with Gasteiger partial charge in [-0.25, -0.2) is 4.79 Å². The van der Waals surface area contributed by atoms with Crippen LogP contribution in [0, 0.1) is 0 Å². The fourth-order valence-corrected chi connectivity index (χ4v) is 4.04. The third-order valence-electron chi connectivity index (χ3n) is 5.58. The monoisotopic (exact) mass is 440 g/mol. The second kappa shape index (κ2) is 8.20. The minimum atomic E-state index is -0.769. The normalized spacial score (nSPS) is 15.0. The van der Waals surface area contributed by atoms with Crippen LogP contribution >= 0.6 is 0 Å². The molecule has 0 saturated carbocycles. The molecule has 0 aliphatic carbocycles. The van der Waals surface area contributed by atoms with Gasteiger partial charge in [-0.15, -0.1) is 0 Å². The summed E-state index contributed by atoms with van der Waals surface area (Å²) in [5.41, 5.74) is 7.73. The van der Waals surface area contributed by atoms with Crippen molar-refractivity contribution < 1.29 is 18.7 Å². The first-order chi connectivity index (χ1) is 16.1. The van der Waals surface area contributed by atoms with Crippen molar-refractivity contribution in [2.45, 2.75) is 5.92 Å². The number of nitrogens with one attached hydrogen (secondary N) is 1. The van der Waals surface area contributed by atoms with E-state index in [0.29, 0.717) is 33.7 Å². The number of carbonyl (C=O) groups is 1. The second-order valence-corrected chi connectivity index (χ2v) is 7.53. The molecule has 1 aliphatic rings. The molecule has 3 N–H and O–H groups in total. The molecule has 3 aromatic carbocycles. The Morgan fingerprint density at radius 2 is 1.67 bits per heavy atom. The molecule has 7 nitrogen and oxygen atoms in total. The fraction of sp³-hybridized carbons (Fsp3) is 0.0769. The molecule has 33 heavy (non-hydrogen) atoms. The van der Waals surface area contributed by atoms with Crippen molar-refractivity contribution in [3.05, 3.63) is 112 Å². The van der Waals surface area contributed by atoms with Crippen molar-refractivity contribution in [2.24, 2.45) is 5.73 Å². The number of rotatable bonds is 4.